The SMILES string of the molecule is O=C(CSc1nc2ncc(Cl)cc2[nH]1)NCc1ccc2c(c1)OCO2. The van der Waals surface area contributed by atoms with Crippen molar-refractivity contribution in [2.75, 3.05) is 12.5 Å². The van der Waals surface area contributed by atoms with Crippen LogP contribution in [0.2, 0.25) is 5.02 Å². The van der Waals surface area contributed by atoms with Gasteiger partial charge in [0.25, 0.3) is 0 Å². The first-order valence-electron chi connectivity index (χ1n) is 7.47. The van der Waals surface area contributed by atoms with Gasteiger partial charge in [0.1, 0.15) is 0 Å². The van der Waals surface area contributed by atoms with Crippen molar-refractivity contribution in [3.63, 3.8) is 0 Å². The van der Waals surface area contributed by atoms with Gasteiger partial charge in [0.2, 0.25) is 12.7 Å². The van der Waals surface area contributed by atoms with Gasteiger partial charge in [-0.15, -0.1) is 0 Å². The summed E-state index contributed by atoms with van der Waals surface area (Å²) >= 11 is 7.20. The molecule has 25 heavy (non-hydrogen) atoms. The molecule has 0 bridgehead atoms. The summed E-state index contributed by atoms with van der Waals surface area (Å²) in [5, 5.41) is 4.03. The third-order valence-corrected chi connectivity index (χ3v) is 4.63. The smallest absolute Gasteiger partial charge is 0.231 e. The largest absolute Gasteiger partial charge is 0.454 e. The number of fused-ring (bicyclic) bond motifs is 2. The second-order valence-electron chi connectivity index (χ2n) is 5.32. The number of halogens is 1. The summed E-state index contributed by atoms with van der Waals surface area (Å²) in [6, 6.07) is 7.35. The zero-order valence-corrected chi connectivity index (χ0v) is 14.5. The van der Waals surface area contributed by atoms with E-state index in [1.54, 1.807) is 6.07 Å². The van der Waals surface area contributed by atoms with Gasteiger partial charge in [0, 0.05) is 12.7 Å². The number of aromatic nitrogens is 3. The second kappa shape index (κ2) is 6.81. The molecule has 7 nitrogen and oxygen atoms in total. The number of hydrogen-bond acceptors (Lipinski definition) is 6. The molecule has 2 N–H and O–H groups in total. The summed E-state index contributed by atoms with van der Waals surface area (Å²) in [7, 11) is 0. The van der Waals surface area contributed by atoms with E-state index in [0.29, 0.717) is 28.1 Å². The molecular weight excluding hydrogens is 364 g/mol. The monoisotopic (exact) mass is 376 g/mol. The zero-order chi connectivity index (χ0) is 17.2. The number of ether oxygens (including phenoxy) is 2. The molecule has 1 amide bonds. The van der Waals surface area contributed by atoms with Crippen LogP contribution in [0.4, 0.5) is 0 Å². The molecule has 128 valence electrons. The molecule has 0 radical (unpaired) electrons. The van der Waals surface area contributed by atoms with Crippen LogP contribution >= 0.6 is 23.4 Å². The Morgan fingerprint density at radius 3 is 3.12 bits per heavy atom. The predicted octanol–water partition coefficient (Wildman–Crippen LogP) is 2.75. The summed E-state index contributed by atoms with van der Waals surface area (Å²) in [5.74, 6) is 1.59. The number of hydrogen-bond donors (Lipinski definition) is 2. The molecule has 0 aliphatic carbocycles. The number of amides is 1. The highest BCUT2D eigenvalue weighted by Gasteiger charge is 2.13. The molecule has 0 unspecified atom stereocenters. The lowest BCUT2D eigenvalue weighted by Gasteiger charge is -2.05. The van der Waals surface area contributed by atoms with Crippen LogP contribution in [0, 0.1) is 0 Å². The molecule has 0 atom stereocenters. The standard InChI is InChI=1S/C16H13ClN4O3S/c17-10-4-11-15(19-6-10)21-16(20-11)25-7-14(22)18-5-9-1-2-12-13(3-9)24-8-23-12/h1-4,6H,5,7-8H2,(H,18,22)(H,19,20,21). The van der Waals surface area contributed by atoms with Gasteiger partial charge in [-0.25, -0.2) is 9.97 Å². The van der Waals surface area contributed by atoms with Gasteiger partial charge in [0.05, 0.1) is 16.3 Å². The fourth-order valence-corrected chi connectivity index (χ4v) is 3.22. The second-order valence-corrected chi connectivity index (χ2v) is 6.72. The van der Waals surface area contributed by atoms with Crippen molar-refractivity contribution in [2.24, 2.45) is 0 Å². The number of nitrogens with zero attached hydrogens (tertiary/aromatic N) is 2. The van der Waals surface area contributed by atoms with E-state index in [2.05, 4.69) is 20.3 Å². The Morgan fingerprint density at radius 1 is 1.32 bits per heavy atom. The third kappa shape index (κ3) is 3.64. The van der Waals surface area contributed by atoms with E-state index in [4.69, 9.17) is 21.1 Å². The van der Waals surface area contributed by atoms with Crippen LogP contribution in [0.25, 0.3) is 11.2 Å². The lowest BCUT2D eigenvalue weighted by molar-refractivity contribution is -0.118. The molecule has 1 aromatic carbocycles. The van der Waals surface area contributed by atoms with Gasteiger partial charge in [-0.05, 0) is 23.8 Å². The average Bonchev–Trinajstić information content (AvgIpc) is 3.23. The maximum Gasteiger partial charge on any atom is 0.231 e. The number of benzene rings is 1. The minimum absolute atomic E-state index is 0.0888. The van der Waals surface area contributed by atoms with Crippen molar-refractivity contribution in [1.82, 2.24) is 20.3 Å². The minimum Gasteiger partial charge on any atom is -0.454 e. The van der Waals surface area contributed by atoms with Crippen molar-refractivity contribution >= 4 is 40.4 Å². The minimum atomic E-state index is -0.0888. The van der Waals surface area contributed by atoms with Gasteiger partial charge < -0.3 is 19.8 Å². The molecular formula is C16H13ClN4O3S. The molecule has 0 spiro atoms. The van der Waals surface area contributed by atoms with Gasteiger partial charge >= 0.3 is 0 Å². The number of carbonyl (C=O) groups excluding carboxylic acids is 1. The summed E-state index contributed by atoms with van der Waals surface area (Å²) < 4.78 is 10.6. The van der Waals surface area contributed by atoms with Crippen molar-refractivity contribution in [3.05, 3.63) is 41.0 Å². The predicted molar refractivity (Wildman–Crippen MR) is 94.0 cm³/mol. The van der Waals surface area contributed by atoms with Crippen LogP contribution in [-0.2, 0) is 11.3 Å². The molecule has 3 aromatic rings. The molecule has 1 aliphatic rings. The number of thioether (sulfide) groups is 1. The maximum atomic E-state index is 12.0. The lowest BCUT2D eigenvalue weighted by Crippen LogP contribution is -2.24. The molecule has 0 saturated carbocycles. The third-order valence-electron chi connectivity index (χ3n) is 3.55. The summed E-state index contributed by atoms with van der Waals surface area (Å²) in [6.07, 6.45) is 1.54. The van der Waals surface area contributed by atoms with E-state index >= 15 is 0 Å². The molecule has 0 saturated heterocycles. The first kappa shape index (κ1) is 16.0. The molecule has 3 heterocycles. The van der Waals surface area contributed by atoms with Crippen LogP contribution in [0.3, 0.4) is 0 Å². The number of H-pyrrole nitrogens is 1. The molecule has 9 heteroatoms. The summed E-state index contributed by atoms with van der Waals surface area (Å²) in [5.41, 5.74) is 2.27. The normalized spacial score (nSPS) is 12.5. The van der Waals surface area contributed by atoms with Crippen molar-refractivity contribution in [3.8, 4) is 11.5 Å². The van der Waals surface area contributed by atoms with Crippen LogP contribution in [0.1, 0.15) is 5.56 Å². The summed E-state index contributed by atoms with van der Waals surface area (Å²) in [6.45, 7) is 0.659. The van der Waals surface area contributed by atoms with E-state index in [9.17, 15) is 4.79 Å². The molecule has 2 aromatic heterocycles. The summed E-state index contributed by atoms with van der Waals surface area (Å²) in [4.78, 5) is 23.5. The number of imidazole rings is 1. The van der Waals surface area contributed by atoms with Gasteiger partial charge in [-0.1, -0.05) is 29.4 Å². The van der Waals surface area contributed by atoms with Gasteiger partial charge in [-0.2, -0.15) is 0 Å². The van der Waals surface area contributed by atoms with Crippen LogP contribution in [-0.4, -0.2) is 33.4 Å². The molecule has 4 rings (SSSR count). The van der Waals surface area contributed by atoms with E-state index in [1.807, 2.05) is 18.2 Å². The Balaban J connectivity index is 1.31. The van der Waals surface area contributed by atoms with E-state index < -0.39 is 0 Å². The fourth-order valence-electron chi connectivity index (χ4n) is 2.36. The van der Waals surface area contributed by atoms with Crippen molar-refractivity contribution in [2.45, 2.75) is 11.7 Å². The molecule has 0 fully saturated rings. The highest BCUT2D eigenvalue weighted by atomic mass is 35.5. The first-order valence-corrected chi connectivity index (χ1v) is 8.83. The Bertz CT molecular complexity index is 946. The average molecular weight is 377 g/mol. The highest BCUT2D eigenvalue weighted by molar-refractivity contribution is 7.99. The van der Waals surface area contributed by atoms with E-state index in [0.717, 1.165) is 16.8 Å². The number of carbonyl (C=O) groups is 1. The van der Waals surface area contributed by atoms with Gasteiger partial charge in [0.15, 0.2) is 22.3 Å². The number of aromatic amines is 1. The van der Waals surface area contributed by atoms with Crippen molar-refractivity contribution in [1.29, 1.82) is 0 Å². The Kier molecular flexibility index (Phi) is 4.37. The van der Waals surface area contributed by atoms with E-state index in [1.165, 1.54) is 18.0 Å². The van der Waals surface area contributed by atoms with E-state index in [-0.39, 0.29) is 18.5 Å². The number of pyridine rings is 1. The molecule has 1 aliphatic heterocycles. The lowest BCUT2D eigenvalue weighted by atomic mass is 10.2. The van der Waals surface area contributed by atoms with Crippen LogP contribution in [0.5, 0.6) is 11.5 Å². The maximum absolute atomic E-state index is 12.0. The first-order chi connectivity index (χ1) is 12.2. The highest BCUT2D eigenvalue weighted by Crippen LogP contribution is 2.32. The van der Waals surface area contributed by atoms with Crippen LogP contribution in [0.15, 0.2) is 35.6 Å². The number of rotatable bonds is 5. The van der Waals surface area contributed by atoms with Gasteiger partial charge in [-0.3, -0.25) is 4.79 Å². The van der Waals surface area contributed by atoms with Crippen LogP contribution < -0.4 is 14.8 Å². The Labute approximate surface area is 152 Å². The quantitative estimate of drug-likeness (QED) is 0.665. The Morgan fingerprint density at radius 2 is 2.20 bits per heavy atom. The van der Waals surface area contributed by atoms with Crippen molar-refractivity contribution < 1.29 is 14.3 Å². The topological polar surface area (TPSA) is 89.1 Å². The zero-order valence-electron chi connectivity index (χ0n) is 12.9. The fraction of sp³-hybridized carbons (Fsp3) is 0.188. The Hall–Kier alpha value is -2.45. The number of nitrogens with one attached hydrogen (secondary N) is 2.